The van der Waals surface area contributed by atoms with Crippen molar-refractivity contribution in [2.45, 2.75) is 25.1 Å². The number of imidazole rings is 1. The number of alkyl halides is 2. The molecule has 3 aromatic rings. The summed E-state index contributed by atoms with van der Waals surface area (Å²) in [4.78, 5) is 19.7. The molecule has 0 fully saturated rings. The van der Waals surface area contributed by atoms with Gasteiger partial charge in [-0.15, -0.1) is 0 Å². The molecule has 0 saturated carbocycles. The van der Waals surface area contributed by atoms with Gasteiger partial charge in [0, 0.05) is 12.6 Å². The van der Waals surface area contributed by atoms with E-state index in [1.807, 2.05) is 25.1 Å². The Labute approximate surface area is 171 Å². The number of nitrogens with zero attached hydrogens (tertiary/aromatic N) is 1. The Hall–Kier alpha value is -2.81. The second-order valence-corrected chi connectivity index (χ2v) is 7.03. The Morgan fingerprint density at radius 2 is 1.97 bits per heavy atom. The molecule has 0 aliphatic heterocycles. The molecule has 0 atom stereocenters. The lowest BCUT2D eigenvalue weighted by atomic mass is 10.1. The van der Waals surface area contributed by atoms with Crippen LogP contribution in [0.25, 0.3) is 11.0 Å². The van der Waals surface area contributed by atoms with Crippen molar-refractivity contribution in [3.63, 3.8) is 0 Å². The largest absolute Gasteiger partial charge is 0.494 e. The summed E-state index contributed by atoms with van der Waals surface area (Å²) in [6.45, 7) is 0.131. The van der Waals surface area contributed by atoms with Gasteiger partial charge in [0.2, 0.25) is 5.91 Å². The molecule has 2 N–H and O–H groups in total. The van der Waals surface area contributed by atoms with E-state index < -0.39 is 6.61 Å². The summed E-state index contributed by atoms with van der Waals surface area (Å²) in [6, 6.07) is 12.0. The van der Waals surface area contributed by atoms with Crippen LogP contribution in [-0.2, 0) is 11.2 Å². The van der Waals surface area contributed by atoms with Crippen molar-refractivity contribution in [3.8, 4) is 11.5 Å². The first-order valence-corrected chi connectivity index (χ1v) is 10.1. The monoisotopic (exact) mass is 421 g/mol. The predicted molar refractivity (Wildman–Crippen MR) is 108 cm³/mol. The van der Waals surface area contributed by atoms with Crippen LogP contribution in [0.5, 0.6) is 11.5 Å². The minimum Gasteiger partial charge on any atom is -0.494 e. The van der Waals surface area contributed by atoms with E-state index in [1.165, 1.54) is 23.9 Å². The van der Waals surface area contributed by atoms with Crippen molar-refractivity contribution in [1.29, 1.82) is 0 Å². The molecule has 154 valence electrons. The zero-order valence-electron chi connectivity index (χ0n) is 15.8. The third-order valence-electron chi connectivity index (χ3n) is 3.97. The highest BCUT2D eigenvalue weighted by Crippen LogP contribution is 2.23. The van der Waals surface area contributed by atoms with E-state index in [0.29, 0.717) is 24.7 Å². The highest BCUT2D eigenvalue weighted by molar-refractivity contribution is 7.99. The van der Waals surface area contributed by atoms with Gasteiger partial charge in [0.1, 0.15) is 11.5 Å². The van der Waals surface area contributed by atoms with Crippen LogP contribution < -0.4 is 14.8 Å². The first-order chi connectivity index (χ1) is 14.0. The zero-order valence-corrected chi connectivity index (χ0v) is 16.6. The summed E-state index contributed by atoms with van der Waals surface area (Å²) in [6.07, 6.45) is 0.593. The van der Waals surface area contributed by atoms with Crippen LogP contribution in [0.2, 0.25) is 0 Å². The average Bonchev–Trinajstić information content (AvgIpc) is 3.10. The number of carbonyl (C=O) groups excluding carboxylic acids is 1. The van der Waals surface area contributed by atoms with Crippen LogP contribution in [0.1, 0.15) is 12.5 Å². The smallest absolute Gasteiger partial charge is 0.387 e. The minimum atomic E-state index is -2.84. The van der Waals surface area contributed by atoms with E-state index in [2.05, 4.69) is 20.0 Å². The number of aromatic nitrogens is 2. The molecule has 9 heteroatoms. The van der Waals surface area contributed by atoms with Crippen LogP contribution in [0, 0.1) is 0 Å². The highest BCUT2D eigenvalue weighted by Gasteiger charge is 2.08. The Bertz CT molecular complexity index is 948. The molecule has 29 heavy (non-hydrogen) atoms. The van der Waals surface area contributed by atoms with Crippen molar-refractivity contribution >= 4 is 28.7 Å². The van der Waals surface area contributed by atoms with Gasteiger partial charge in [-0.05, 0) is 43.2 Å². The lowest BCUT2D eigenvalue weighted by Crippen LogP contribution is -2.27. The molecule has 0 bridgehead atoms. The number of benzene rings is 2. The van der Waals surface area contributed by atoms with Gasteiger partial charge in [0.25, 0.3) is 0 Å². The molecule has 1 heterocycles. The summed E-state index contributed by atoms with van der Waals surface area (Å²) >= 11 is 1.32. The third-order valence-corrected chi connectivity index (χ3v) is 4.84. The van der Waals surface area contributed by atoms with E-state index in [-0.39, 0.29) is 17.4 Å². The molecule has 0 aliphatic rings. The summed E-state index contributed by atoms with van der Waals surface area (Å²) < 4.78 is 34.0. The van der Waals surface area contributed by atoms with Gasteiger partial charge in [-0.3, -0.25) is 4.79 Å². The maximum absolute atomic E-state index is 12.1. The second-order valence-electron chi connectivity index (χ2n) is 6.07. The van der Waals surface area contributed by atoms with Crippen molar-refractivity contribution in [2.24, 2.45) is 0 Å². The second kappa shape index (κ2) is 10.1. The molecule has 0 unspecified atom stereocenters. The van der Waals surface area contributed by atoms with E-state index in [9.17, 15) is 13.6 Å². The average molecular weight is 421 g/mol. The fraction of sp³-hybridized carbons (Fsp3) is 0.300. The fourth-order valence-electron chi connectivity index (χ4n) is 2.66. The van der Waals surface area contributed by atoms with Crippen LogP contribution in [0.4, 0.5) is 8.78 Å². The lowest BCUT2D eigenvalue weighted by molar-refractivity contribution is -0.118. The minimum absolute atomic E-state index is 0.108. The molecule has 0 saturated heterocycles. The lowest BCUT2D eigenvalue weighted by Gasteiger charge is -2.07. The topological polar surface area (TPSA) is 76.2 Å². The molecular weight excluding hydrogens is 400 g/mol. The number of hydrogen-bond donors (Lipinski definition) is 2. The van der Waals surface area contributed by atoms with Crippen molar-refractivity contribution in [1.82, 2.24) is 15.3 Å². The Morgan fingerprint density at radius 1 is 1.21 bits per heavy atom. The number of hydrogen-bond acceptors (Lipinski definition) is 5. The van der Waals surface area contributed by atoms with Gasteiger partial charge < -0.3 is 19.8 Å². The zero-order chi connectivity index (χ0) is 20.6. The van der Waals surface area contributed by atoms with Gasteiger partial charge in [-0.1, -0.05) is 23.9 Å². The first kappa shape index (κ1) is 20.9. The van der Waals surface area contributed by atoms with Crippen molar-refractivity contribution < 1.29 is 23.0 Å². The SMILES string of the molecule is CCOc1ccc2nc(SCC(=O)NCCc3ccc(OC(F)F)cc3)[nH]c2c1. The molecule has 3 rings (SSSR count). The van der Waals surface area contributed by atoms with Gasteiger partial charge in [-0.2, -0.15) is 8.78 Å². The number of halogens is 2. The normalized spacial score (nSPS) is 11.0. The maximum atomic E-state index is 12.1. The van der Waals surface area contributed by atoms with Crippen molar-refractivity contribution in [3.05, 3.63) is 48.0 Å². The number of fused-ring (bicyclic) bond motifs is 1. The third kappa shape index (κ3) is 6.35. The van der Waals surface area contributed by atoms with E-state index in [0.717, 1.165) is 22.3 Å². The quantitative estimate of drug-likeness (QED) is 0.484. The molecular formula is C20H21F2N3O3S. The highest BCUT2D eigenvalue weighted by atomic mass is 32.2. The van der Waals surface area contributed by atoms with Crippen LogP contribution in [0.3, 0.4) is 0 Å². The van der Waals surface area contributed by atoms with Gasteiger partial charge in [-0.25, -0.2) is 4.98 Å². The molecule has 0 spiro atoms. The standard InChI is InChI=1S/C20H21F2N3O3S/c1-2-27-15-7-8-16-17(11-15)25-20(24-16)29-12-18(26)23-10-9-13-3-5-14(6-4-13)28-19(21)22/h3-8,11,19H,2,9-10,12H2,1H3,(H,23,26)(H,24,25). The van der Waals surface area contributed by atoms with E-state index >= 15 is 0 Å². The molecule has 0 radical (unpaired) electrons. The number of aromatic amines is 1. The van der Waals surface area contributed by atoms with Gasteiger partial charge >= 0.3 is 6.61 Å². The molecule has 1 aromatic heterocycles. The number of thioether (sulfide) groups is 1. The summed E-state index contributed by atoms with van der Waals surface area (Å²) in [5, 5.41) is 3.50. The van der Waals surface area contributed by atoms with E-state index in [1.54, 1.807) is 12.1 Å². The molecule has 6 nitrogen and oxygen atoms in total. The molecule has 1 amide bonds. The fourth-order valence-corrected chi connectivity index (χ4v) is 3.37. The number of amides is 1. The van der Waals surface area contributed by atoms with E-state index in [4.69, 9.17) is 4.74 Å². The van der Waals surface area contributed by atoms with Crippen molar-refractivity contribution in [2.75, 3.05) is 18.9 Å². The van der Waals surface area contributed by atoms with Gasteiger partial charge in [0.15, 0.2) is 5.16 Å². The van der Waals surface area contributed by atoms with Crippen LogP contribution >= 0.6 is 11.8 Å². The summed E-state index contributed by atoms with van der Waals surface area (Å²) in [7, 11) is 0. The maximum Gasteiger partial charge on any atom is 0.387 e. The Morgan fingerprint density at radius 3 is 2.69 bits per heavy atom. The number of rotatable bonds is 10. The van der Waals surface area contributed by atoms with Crippen LogP contribution in [-0.4, -0.2) is 41.4 Å². The summed E-state index contributed by atoms with van der Waals surface area (Å²) in [5.74, 6) is 1.01. The van der Waals surface area contributed by atoms with Crippen LogP contribution in [0.15, 0.2) is 47.6 Å². The Balaban J connectivity index is 1.42. The molecule has 2 aromatic carbocycles. The predicted octanol–water partition coefficient (Wildman–Crippen LogP) is 4.01. The Kier molecular flexibility index (Phi) is 7.29. The molecule has 0 aliphatic carbocycles. The number of nitrogens with one attached hydrogen (secondary N) is 2. The number of H-pyrrole nitrogens is 1. The van der Waals surface area contributed by atoms with Gasteiger partial charge in [0.05, 0.1) is 23.4 Å². The first-order valence-electron chi connectivity index (χ1n) is 9.09. The number of ether oxygens (including phenoxy) is 2. The number of carbonyl (C=O) groups is 1. The summed E-state index contributed by atoms with van der Waals surface area (Å²) in [5.41, 5.74) is 2.59.